The zero-order valence-corrected chi connectivity index (χ0v) is 31.2. The van der Waals surface area contributed by atoms with E-state index in [-0.39, 0.29) is 42.7 Å². The zero-order chi connectivity index (χ0) is 37.4. The lowest BCUT2D eigenvalue weighted by Crippen LogP contribution is -2.37. The molecule has 4 amide bonds. The quantitative estimate of drug-likeness (QED) is 0.0497. The molecule has 286 valence electrons. The predicted octanol–water partition coefficient (Wildman–Crippen LogP) is 7.27. The number of aromatic nitrogens is 3. The van der Waals surface area contributed by atoms with E-state index >= 15 is 0 Å². The molecule has 0 aliphatic heterocycles. The van der Waals surface area contributed by atoms with Gasteiger partial charge in [0.2, 0.25) is 5.91 Å². The Labute approximate surface area is 312 Å². The number of hydrogen-bond acceptors (Lipinski definition) is 5. The maximum absolute atomic E-state index is 13.4. The fraction of sp³-hybridized carbons (Fsp3) is 0.512. The summed E-state index contributed by atoms with van der Waals surface area (Å²) in [5.74, 6) is -0.882. The largest absolute Gasteiger partial charge is 0.396 e. The Balaban J connectivity index is 1.06. The Morgan fingerprint density at radius 3 is 2.17 bits per heavy atom. The number of aryl methyl sites for hydroxylation is 2. The van der Waals surface area contributed by atoms with E-state index in [0.717, 1.165) is 68.7 Å². The molecule has 0 unspecified atom stereocenters. The van der Waals surface area contributed by atoms with E-state index in [0.29, 0.717) is 48.0 Å². The van der Waals surface area contributed by atoms with Crippen molar-refractivity contribution in [3.63, 3.8) is 0 Å². The number of nitrogens with zero attached hydrogens (tertiary/aromatic N) is 2. The van der Waals surface area contributed by atoms with E-state index < -0.39 is 0 Å². The Morgan fingerprint density at radius 2 is 1.43 bits per heavy atom. The van der Waals surface area contributed by atoms with Gasteiger partial charge in [0.1, 0.15) is 17.1 Å². The van der Waals surface area contributed by atoms with Crippen LogP contribution in [-0.4, -0.2) is 62.0 Å². The number of benzene rings is 1. The van der Waals surface area contributed by atoms with Gasteiger partial charge in [0.25, 0.3) is 17.7 Å². The number of carbonyl (C=O) groups excluding carboxylic acids is 4. The highest BCUT2D eigenvalue weighted by Gasteiger charge is 2.21. The van der Waals surface area contributed by atoms with Crippen LogP contribution < -0.4 is 21.3 Å². The normalized spacial score (nSPS) is 13.2. The van der Waals surface area contributed by atoms with Gasteiger partial charge in [-0.2, -0.15) is 0 Å². The maximum atomic E-state index is 13.4. The van der Waals surface area contributed by atoms with Gasteiger partial charge in [0.15, 0.2) is 0 Å². The molecule has 12 heteroatoms. The number of aliphatic hydroxyl groups is 1. The molecule has 53 heavy (non-hydrogen) atoms. The van der Waals surface area contributed by atoms with E-state index in [1.54, 1.807) is 36.0 Å². The molecule has 1 fully saturated rings. The van der Waals surface area contributed by atoms with Gasteiger partial charge in [-0.05, 0) is 56.4 Å². The molecule has 12 nitrogen and oxygen atoms in total. The van der Waals surface area contributed by atoms with E-state index in [2.05, 4.69) is 26.3 Å². The number of hydrogen-bond donors (Lipinski definition) is 6. The van der Waals surface area contributed by atoms with Crippen LogP contribution in [-0.2, 0) is 18.4 Å². The fourth-order valence-electron chi connectivity index (χ4n) is 7.11. The number of amides is 4. The summed E-state index contributed by atoms with van der Waals surface area (Å²) in [6.45, 7) is 1.28. The first-order chi connectivity index (χ1) is 25.8. The Kier molecular flexibility index (Phi) is 15.2. The van der Waals surface area contributed by atoms with Crippen LogP contribution in [0.3, 0.4) is 0 Å². The van der Waals surface area contributed by atoms with Crippen molar-refractivity contribution in [1.29, 1.82) is 0 Å². The molecule has 0 bridgehead atoms. The van der Waals surface area contributed by atoms with E-state index in [9.17, 15) is 19.2 Å². The molecule has 1 saturated carbocycles. The lowest BCUT2D eigenvalue weighted by molar-refractivity contribution is -0.116. The maximum Gasteiger partial charge on any atom is 0.272 e. The number of rotatable bonds is 21. The number of aromatic amines is 1. The number of aliphatic hydroxyl groups excluding tert-OH is 1. The van der Waals surface area contributed by atoms with Gasteiger partial charge in [-0.1, -0.05) is 82.4 Å². The highest BCUT2D eigenvalue weighted by molar-refractivity contribution is 6.06. The van der Waals surface area contributed by atoms with Gasteiger partial charge >= 0.3 is 0 Å². The van der Waals surface area contributed by atoms with Crippen LogP contribution in [0.15, 0.2) is 54.9 Å². The molecular weight excluding hydrogens is 670 g/mol. The standard InChI is InChI=1S/C41H57N7O5/c1-47-28-32(45-39(51)35-25-30-17-12-13-20-34(30)46-35)26-36(47)40(52)42-22-16-21-38(50)43-33-27-37(41(53)44-31-18-10-9-11-19-31)48(29-33)23-14-7-5-3-2-4-6-8-15-24-49/h12-13,17,20,25-29,31,46,49H,2-11,14-16,18-19,21-24H2,1H3,(H,42,52)(H,43,50)(H,44,53)(H,45,51). The van der Waals surface area contributed by atoms with Gasteiger partial charge in [0, 0.05) is 62.5 Å². The lowest BCUT2D eigenvalue weighted by atomic mass is 9.95. The second kappa shape index (κ2) is 20.4. The van der Waals surface area contributed by atoms with Crippen LogP contribution in [0.4, 0.5) is 11.4 Å². The topological polar surface area (TPSA) is 162 Å². The average Bonchev–Trinajstić information content (AvgIpc) is 3.87. The van der Waals surface area contributed by atoms with Crippen LogP contribution in [0, 0.1) is 0 Å². The van der Waals surface area contributed by atoms with Crippen molar-refractivity contribution in [2.75, 3.05) is 23.8 Å². The fourth-order valence-corrected chi connectivity index (χ4v) is 7.11. The van der Waals surface area contributed by atoms with Gasteiger partial charge in [-0.15, -0.1) is 0 Å². The van der Waals surface area contributed by atoms with Gasteiger partial charge in [0.05, 0.1) is 11.4 Å². The average molecular weight is 728 g/mol. The van der Waals surface area contributed by atoms with Crippen molar-refractivity contribution in [2.45, 2.75) is 115 Å². The van der Waals surface area contributed by atoms with E-state index in [1.165, 1.54) is 32.1 Å². The van der Waals surface area contributed by atoms with Gasteiger partial charge in [-0.25, -0.2) is 0 Å². The first-order valence-corrected chi connectivity index (χ1v) is 19.6. The van der Waals surface area contributed by atoms with Crippen molar-refractivity contribution in [1.82, 2.24) is 24.8 Å². The second-order valence-corrected chi connectivity index (χ2v) is 14.4. The second-order valence-electron chi connectivity index (χ2n) is 14.4. The van der Waals surface area contributed by atoms with Crippen LogP contribution in [0.2, 0.25) is 0 Å². The summed E-state index contributed by atoms with van der Waals surface area (Å²) < 4.78 is 3.62. The smallest absolute Gasteiger partial charge is 0.272 e. The number of para-hydroxylation sites is 1. The highest BCUT2D eigenvalue weighted by atomic mass is 16.3. The molecule has 1 aliphatic rings. The molecule has 0 radical (unpaired) electrons. The Bertz CT molecular complexity index is 1770. The summed E-state index contributed by atoms with van der Waals surface area (Å²) in [5.41, 5.74) is 3.35. The first-order valence-electron chi connectivity index (χ1n) is 19.6. The van der Waals surface area contributed by atoms with E-state index in [4.69, 9.17) is 5.11 Å². The molecule has 0 spiro atoms. The van der Waals surface area contributed by atoms with Crippen molar-refractivity contribution in [2.24, 2.45) is 7.05 Å². The van der Waals surface area contributed by atoms with E-state index in [1.807, 2.05) is 35.0 Å². The molecule has 4 aromatic rings. The van der Waals surface area contributed by atoms with Crippen LogP contribution in [0.25, 0.3) is 10.9 Å². The summed E-state index contributed by atoms with van der Waals surface area (Å²) in [7, 11) is 1.74. The molecule has 1 aromatic carbocycles. The predicted molar refractivity (Wildman–Crippen MR) is 209 cm³/mol. The van der Waals surface area contributed by atoms with Gasteiger partial charge < -0.3 is 40.5 Å². The molecule has 3 heterocycles. The number of unbranched alkanes of at least 4 members (excludes halogenated alkanes) is 8. The first kappa shape index (κ1) is 39.4. The minimum absolute atomic E-state index is 0.0933. The third-order valence-corrected chi connectivity index (χ3v) is 10.0. The van der Waals surface area contributed by atoms with Crippen molar-refractivity contribution in [3.8, 4) is 0 Å². The molecule has 0 saturated heterocycles. The van der Waals surface area contributed by atoms with Crippen LogP contribution in [0.1, 0.15) is 134 Å². The molecule has 6 N–H and O–H groups in total. The molecule has 5 rings (SSSR count). The molecule has 3 aromatic heterocycles. The highest BCUT2D eigenvalue weighted by Crippen LogP contribution is 2.21. The van der Waals surface area contributed by atoms with Crippen LogP contribution >= 0.6 is 0 Å². The summed E-state index contributed by atoms with van der Waals surface area (Å²) in [5, 5.41) is 21.8. The van der Waals surface area contributed by atoms with Crippen LogP contribution in [0.5, 0.6) is 0 Å². The number of anilines is 2. The summed E-state index contributed by atoms with van der Waals surface area (Å²) in [4.78, 5) is 55.2. The molecule has 0 atom stereocenters. The number of H-pyrrole nitrogens is 1. The number of nitrogens with one attached hydrogen (secondary N) is 5. The zero-order valence-electron chi connectivity index (χ0n) is 31.2. The van der Waals surface area contributed by atoms with Crippen molar-refractivity contribution < 1.29 is 24.3 Å². The summed E-state index contributed by atoms with van der Waals surface area (Å²) in [6.07, 6.45) is 19.6. The Morgan fingerprint density at radius 1 is 0.755 bits per heavy atom. The molecular formula is C41H57N7O5. The van der Waals surface area contributed by atoms with Gasteiger partial charge in [-0.3, -0.25) is 19.2 Å². The Hall–Kier alpha value is -4.84. The monoisotopic (exact) mass is 727 g/mol. The van der Waals surface area contributed by atoms with Crippen molar-refractivity contribution >= 4 is 45.9 Å². The minimum atomic E-state index is -0.303. The summed E-state index contributed by atoms with van der Waals surface area (Å²) >= 11 is 0. The summed E-state index contributed by atoms with van der Waals surface area (Å²) in [6, 6.07) is 13.0. The van der Waals surface area contributed by atoms with Crippen molar-refractivity contribution in [3.05, 3.63) is 71.9 Å². The number of carbonyl (C=O) groups is 4. The molecule has 1 aliphatic carbocycles. The third kappa shape index (κ3) is 12.1. The SMILES string of the molecule is Cn1cc(NC(=O)c2cc3ccccc3[nH]2)cc1C(=O)NCCCC(=O)Nc1cc(C(=O)NC2CCCCC2)n(CCCCCCCCCCCO)c1. The third-order valence-electron chi connectivity index (χ3n) is 10.0. The number of fused-ring (bicyclic) bond motifs is 1. The minimum Gasteiger partial charge on any atom is -0.396 e. The lowest BCUT2D eigenvalue weighted by Gasteiger charge is -2.23.